The summed E-state index contributed by atoms with van der Waals surface area (Å²) in [7, 11) is 0. The van der Waals surface area contributed by atoms with Crippen molar-refractivity contribution >= 4 is 23.7 Å². The minimum Gasteiger partial charge on any atom is -0.481 e. The van der Waals surface area contributed by atoms with Gasteiger partial charge in [-0.2, -0.15) is 0 Å². The molecule has 2 aliphatic carbocycles. The van der Waals surface area contributed by atoms with Gasteiger partial charge in [0.15, 0.2) is 5.16 Å². The number of anilines is 1. The lowest BCUT2D eigenvalue weighted by Gasteiger charge is -2.22. The molecule has 2 fully saturated rings. The molecule has 0 aliphatic heterocycles. The van der Waals surface area contributed by atoms with Gasteiger partial charge in [0.1, 0.15) is 0 Å². The van der Waals surface area contributed by atoms with E-state index in [4.69, 9.17) is 5.11 Å². The maximum atomic E-state index is 10.7. The third-order valence-corrected chi connectivity index (χ3v) is 4.65. The summed E-state index contributed by atoms with van der Waals surface area (Å²) in [5.74, 6) is 0.955. The molecule has 2 saturated carbocycles. The number of thioether (sulfide) groups is 1. The maximum absolute atomic E-state index is 10.7. The predicted molar refractivity (Wildman–Crippen MR) is 77.3 cm³/mol. The summed E-state index contributed by atoms with van der Waals surface area (Å²) in [6.45, 7) is 4.11. The van der Waals surface area contributed by atoms with E-state index in [1.165, 1.54) is 24.6 Å². The zero-order valence-electron chi connectivity index (χ0n) is 11.7. The molecule has 0 aromatic carbocycles. The van der Waals surface area contributed by atoms with Gasteiger partial charge in [-0.15, -0.1) is 10.2 Å². The Bertz CT molecular complexity index is 497. The first-order chi connectivity index (χ1) is 9.69. The average molecular weight is 296 g/mol. The summed E-state index contributed by atoms with van der Waals surface area (Å²) in [4.78, 5) is 13.0. The number of carboxylic acid groups (broad SMARTS) is 1. The molecule has 0 unspecified atom stereocenters. The van der Waals surface area contributed by atoms with E-state index in [0.717, 1.165) is 43.0 Å². The molecule has 0 radical (unpaired) electrons. The van der Waals surface area contributed by atoms with Crippen molar-refractivity contribution in [1.82, 2.24) is 14.8 Å². The number of hydrogen-bond acceptors (Lipinski definition) is 5. The minimum atomic E-state index is -0.813. The van der Waals surface area contributed by atoms with Gasteiger partial charge in [-0.3, -0.25) is 9.36 Å². The Kier molecular flexibility index (Phi) is 3.87. The Hall–Kier alpha value is -1.24. The van der Waals surface area contributed by atoms with Crippen LogP contribution in [0.15, 0.2) is 5.16 Å². The van der Waals surface area contributed by atoms with Crippen molar-refractivity contribution < 1.29 is 9.90 Å². The zero-order chi connectivity index (χ0) is 14.1. The van der Waals surface area contributed by atoms with Crippen molar-refractivity contribution in [3.05, 3.63) is 0 Å². The van der Waals surface area contributed by atoms with E-state index in [2.05, 4.69) is 26.6 Å². The number of nitrogens with zero attached hydrogens (tertiary/aromatic N) is 4. The molecule has 110 valence electrons. The van der Waals surface area contributed by atoms with E-state index in [1.807, 2.05) is 0 Å². The molecular weight excluding hydrogens is 276 g/mol. The van der Waals surface area contributed by atoms with Gasteiger partial charge in [0.25, 0.3) is 0 Å². The zero-order valence-corrected chi connectivity index (χ0v) is 12.5. The lowest BCUT2D eigenvalue weighted by atomic mass is 10.4. The third-order valence-electron chi connectivity index (χ3n) is 3.72. The van der Waals surface area contributed by atoms with Crippen LogP contribution < -0.4 is 4.90 Å². The number of rotatable bonds is 8. The molecule has 0 saturated heterocycles. The molecule has 7 heteroatoms. The predicted octanol–water partition coefficient (Wildman–Crippen LogP) is 2.03. The smallest absolute Gasteiger partial charge is 0.313 e. The van der Waals surface area contributed by atoms with Crippen molar-refractivity contribution in [2.24, 2.45) is 5.92 Å². The standard InChI is InChI=1S/C13H20N4O2S/c1-2-16(7-9-3-4-9)12-14-15-13(20-8-11(18)19)17(12)10-5-6-10/h9-10H,2-8H2,1H3,(H,18,19). The van der Waals surface area contributed by atoms with Crippen LogP contribution in [-0.2, 0) is 4.79 Å². The molecule has 1 N–H and O–H groups in total. The fourth-order valence-electron chi connectivity index (χ4n) is 2.33. The number of carbonyl (C=O) groups is 1. The lowest BCUT2D eigenvalue weighted by Crippen LogP contribution is -2.28. The number of carboxylic acids is 1. The van der Waals surface area contributed by atoms with Crippen LogP contribution in [0.2, 0.25) is 0 Å². The Balaban J connectivity index is 1.79. The Morgan fingerprint density at radius 3 is 2.70 bits per heavy atom. The second-order valence-corrected chi connectivity index (χ2v) is 6.49. The topological polar surface area (TPSA) is 71.2 Å². The van der Waals surface area contributed by atoms with Crippen LogP contribution in [-0.4, -0.2) is 44.7 Å². The van der Waals surface area contributed by atoms with Crippen LogP contribution in [0.25, 0.3) is 0 Å². The summed E-state index contributed by atoms with van der Waals surface area (Å²) < 4.78 is 2.15. The van der Waals surface area contributed by atoms with Crippen molar-refractivity contribution in [3.8, 4) is 0 Å². The van der Waals surface area contributed by atoms with Gasteiger partial charge in [-0.05, 0) is 38.5 Å². The van der Waals surface area contributed by atoms with Gasteiger partial charge in [0.05, 0.1) is 5.75 Å². The normalized spacial score (nSPS) is 18.2. The average Bonchev–Trinajstić information content (AvgIpc) is 3.34. The fraction of sp³-hybridized carbons (Fsp3) is 0.769. The van der Waals surface area contributed by atoms with E-state index in [-0.39, 0.29) is 5.75 Å². The minimum absolute atomic E-state index is 0.0413. The molecule has 0 atom stereocenters. The largest absolute Gasteiger partial charge is 0.481 e. The van der Waals surface area contributed by atoms with Gasteiger partial charge in [-0.25, -0.2) is 0 Å². The van der Waals surface area contributed by atoms with Crippen LogP contribution in [0.5, 0.6) is 0 Å². The number of aromatic nitrogens is 3. The van der Waals surface area contributed by atoms with E-state index >= 15 is 0 Å². The van der Waals surface area contributed by atoms with Crippen LogP contribution in [0.3, 0.4) is 0 Å². The SMILES string of the molecule is CCN(CC1CC1)c1nnc(SCC(=O)O)n1C1CC1. The van der Waals surface area contributed by atoms with E-state index in [1.54, 1.807) is 0 Å². The van der Waals surface area contributed by atoms with Crippen LogP contribution in [0.4, 0.5) is 5.95 Å². The molecule has 1 aromatic rings. The monoisotopic (exact) mass is 296 g/mol. The molecule has 0 bridgehead atoms. The van der Waals surface area contributed by atoms with Gasteiger partial charge in [0.2, 0.25) is 5.95 Å². The highest BCUT2D eigenvalue weighted by molar-refractivity contribution is 7.99. The van der Waals surface area contributed by atoms with Crippen LogP contribution in [0.1, 0.15) is 38.6 Å². The first-order valence-electron chi connectivity index (χ1n) is 7.23. The van der Waals surface area contributed by atoms with E-state index < -0.39 is 5.97 Å². The molecule has 1 aromatic heterocycles. The summed E-state index contributed by atoms with van der Waals surface area (Å²) in [6, 6.07) is 0.463. The third kappa shape index (κ3) is 3.08. The van der Waals surface area contributed by atoms with Crippen molar-refractivity contribution in [2.75, 3.05) is 23.7 Å². The summed E-state index contributed by atoms with van der Waals surface area (Å²) >= 11 is 1.27. The number of aliphatic carboxylic acids is 1. The molecule has 0 spiro atoms. The molecule has 20 heavy (non-hydrogen) atoms. The highest BCUT2D eigenvalue weighted by Crippen LogP contribution is 2.41. The van der Waals surface area contributed by atoms with Gasteiger partial charge < -0.3 is 10.0 Å². The second kappa shape index (κ2) is 5.63. The second-order valence-electron chi connectivity index (χ2n) is 5.55. The lowest BCUT2D eigenvalue weighted by molar-refractivity contribution is -0.133. The maximum Gasteiger partial charge on any atom is 0.313 e. The summed E-state index contributed by atoms with van der Waals surface area (Å²) in [6.07, 6.45) is 4.92. The summed E-state index contributed by atoms with van der Waals surface area (Å²) in [5.41, 5.74) is 0. The fourth-order valence-corrected chi connectivity index (χ4v) is 3.05. The molecule has 3 rings (SSSR count). The Morgan fingerprint density at radius 2 is 2.15 bits per heavy atom. The molecule has 6 nitrogen and oxygen atoms in total. The molecule has 1 heterocycles. The van der Waals surface area contributed by atoms with Gasteiger partial charge in [0, 0.05) is 19.1 Å². The molecule has 0 amide bonds. The van der Waals surface area contributed by atoms with Crippen molar-refractivity contribution in [2.45, 2.75) is 43.8 Å². The highest BCUT2D eigenvalue weighted by Gasteiger charge is 2.33. The van der Waals surface area contributed by atoms with Gasteiger partial charge in [-0.1, -0.05) is 11.8 Å². The molecular formula is C13H20N4O2S. The van der Waals surface area contributed by atoms with Crippen molar-refractivity contribution in [1.29, 1.82) is 0 Å². The number of hydrogen-bond donors (Lipinski definition) is 1. The van der Waals surface area contributed by atoms with E-state index in [0.29, 0.717) is 6.04 Å². The Morgan fingerprint density at radius 1 is 1.40 bits per heavy atom. The van der Waals surface area contributed by atoms with Gasteiger partial charge >= 0.3 is 5.97 Å². The quantitative estimate of drug-likeness (QED) is 0.740. The van der Waals surface area contributed by atoms with Crippen molar-refractivity contribution in [3.63, 3.8) is 0 Å². The van der Waals surface area contributed by atoms with Crippen LogP contribution >= 0.6 is 11.8 Å². The van der Waals surface area contributed by atoms with Crippen LogP contribution in [0, 0.1) is 5.92 Å². The summed E-state index contributed by atoms with van der Waals surface area (Å²) in [5, 5.41) is 18.1. The Labute approximate surface area is 122 Å². The first kappa shape index (κ1) is 13.7. The first-order valence-corrected chi connectivity index (χ1v) is 8.22. The highest BCUT2D eigenvalue weighted by atomic mass is 32.2. The molecule has 2 aliphatic rings. The van der Waals surface area contributed by atoms with E-state index in [9.17, 15) is 4.79 Å².